The van der Waals surface area contributed by atoms with Gasteiger partial charge in [0, 0.05) is 34.2 Å². The Labute approximate surface area is 191 Å². The molecule has 2 aliphatic heterocycles. The van der Waals surface area contributed by atoms with Gasteiger partial charge in [0.05, 0.1) is 0 Å². The molecule has 3 rings (SSSR count). The molecule has 0 spiro atoms. The summed E-state index contributed by atoms with van der Waals surface area (Å²) in [5.41, 5.74) is 0.0955. The smallest absolute Gasteiger partial charge is 0.226 e. The minimum absolute atomic E-state index is 0.0239. The molecule has 0 bridgehead atoms. The number of aromatic nitrogens is 2. The summed E-state index contributed by atoms with van der Waals surface area (Å²) in [6.07, 6.45) is 3.86. The average molecular weight is 457 g/mol. The van der Waals surface area contributed by atoms with E-state index in [2.05, 4.69) is 86.6 Å². The van der Waals surface area contributed by atoms with Gasteiger partial charge in [0.2, 0.25) is 5.28 Å². The number of piperidine rings is 2. The highest BCUT2D eigenvalue weighted by Gasteiger charge is 2.39. The Hall–Kier alpha value is -0.820. The topological polar surface area (TPSA) is 73.9 Å². The Morgan fingerprint density at radius 1 is 0.667 bits per heavy atom. The first-order valence-electron chi connectivity index (χ1n) is 10.9. The van der Waals surface area contributed by atoms with Crippen molar-refractivity contribution in [3.8, 4) is 0 Å². The van der Waals surface area contributed by atoms with Crippen molar-refractivity contribution >= 4 is 34.8 Å². The third-order valence-electron chi connectivity index (χ3n) is 5.89. The van der Waals surface area contributed by atoms with Crippen LogP contribution in [0.3, 0.4) is 0 Å². The second-order valence-corrected chi connectivity index (χ2v) is 12.5. The Balaban J connectivity index is 1.80. The number of anilines is 2. The van der Waals surface area contributed by atoms with E-state index in [-0.39, 0.29) is 39.5 Å². The molecule has 0 radical (unpaired) electrons. The highest BCUT2D eigenvalue weighted by atomic mass is 35.5. The molecule has 0 aliphatic carbocycles. The molecular weight excluding hydrogens is 419 g/mol. The van der Waals surface area contributed by atoms with Gasteiger partial charge in [-0.2, -0.15) is 9.97 Å². The van der Waals surface area contributed by atoms with Crippen LogP contribution in [-0.2, 0) is 0 Å². The molecule has 0 atom stereocenters. The number of nitrogens with one attached hydrogen (secondary N) is 4. The molecule has 2 fully saturated rings. The summed E-state index contributed by atoms with van der Waals surface area (Å²) >= 11 is 13.1. The van der Waals surface area contributed by atoms with Crippen molar-refractivity contribution < 1.29 is 0 Å². The fourth-order valence-corrected chi connectivity index (χ4v) is 6.21. The number of rotatable bonds is 4. The lowest BCUT2D eigenvalue weighted by molar-refractivity contribution is 0.170. The lowest BCUT2D eigenvalue weighted by atomic mass is 9.79. The third-order valence-corrected chi connectivity index (χ3v) is 6.41. The maximum Gasteiger partial charge on any atom is 0.226 e. The molecule has 1 aromatic rings. The molecular formula is C22H38Cl2N6. The van der Waals surface area contributed by atoms with Gasteiger partial charge in [0.25, 0.3) is 0 Å². The molecule has 3 heterocycles. The fourth-order valence-electron chi connectivity index (χ4n) is 5.85. The molecule has 0 amide bonds. The van der Waals surface area contributed by atoms with Crippen molar-refractivity contribution in [3.05, 3.63) is 10.3 Å². The molecule has 0 saturated carbocycles. The molecule has 2 aliphatic rings. The predicted octanol–water partition coefficient (Wildman–Crippen LogP) is 5.23. The highest BCUT2D eigenvalue weighted by Crippen LogP contribution is 2.36. The monoisotopic (exact) mass is 456 g/mol. The summed E-state index contributed by atoms with van der Waals surface area (Å²) in [7, 11) is 0. The lowest BCUT2D eigenvalue weighted by Crippen LogP contribution is -2.60. The summed E-state index contributed by atoms with van der Waals surface area (Å²) in [6.45, 7) is 17.8. The van der Waals surface area contributed by atoms with Gasteiger partial charge < -0.3 is 21.3 Å². The van der Waals surface area contributed by atoms with Crippen LogP contribution >= 0.6 is 23.2 Å². The van der Waals surface area contributed by atoms with Gasteiger partial charge in [-0.05, 0) is 92.7 Å². The van der Waals surface area contributed by atoms with E-state index < -0.39 is 0 Å². The van der Waals surface area contributed by atoms with Crippen molar-refractivity contribution in [2.24, 2.45) is 0 Å². The molecule has 8 heteroatoms. The third kappa shape index (κ3) is 6.12. The quantitative estimate of drug-likeness (QED) is 0.465. The number of nitrogens with zero attached hydrogens (tertiary/aromatic N) is 2. The van der Waals surface area contributed by atoms with Crippen molar-refractivity contribution in [2.75, 3.05) is 10.6 Å². The van der Waals surface area contributed by atoms with Crippen molar-refractivity contribution in [3.63, 3.8) is 0 Å². The maximum atomic E-state index is 6.76. The van der Waals surface area contributed by atoms with Crippen LogP contribution in [0, 0.1) is 0 Å². The van der Waals surface area contributed by atoms with Crippen LogP contribution in [0.25, 0.3) is 0 Å². The van der Waals surface area contributed by atoms with Gasteiger partial charge in [0.1, 0.15) is 5.02 Å². The fraction of sp³-hybridized carbons (Fsp3) is 0.818. The van der Waals surface area contributed by atoms with Crippen LogP contribution in [0.1, 0.15) is 81.1 Å². The molecule has 4 N–H and O–H groups in total. The minimum atomic E-state index is 0.0239. The van der Waals surface area contributed by atoms with Crippen molar-refractivity contribution in [1.82, 2.24) is 20.6 Å². The van der Waals surface area contributed by atoms with Crippen molar-refractivity contribution in [2.45, 2.75) is 115 Å². The SMILES string of the molecule is CC1(C)CC(Nc2nc(Cl)nc(NC3CC(C)(C)NC(C)(C)C3)c2Cl)CC(C)(C)N1. The summed E-state index contributed by atoms with van der Waals surface area (Å²) in [5, 5.41) is 15.2. The number of halogens is 2. The summed E-state index contributed by atoms with van der Waals surface area (Å²) < 4.78 is 0. The average Bonchev–Trinajstić information content (AvgIpc) is 2.45. The molecule has 2 saturated heterocycles. The van der Waals surface area contributed by atoms with Crippen LogP contribution in [0.4, 0.5) is 11.6 Å². The second-order valence-electron chi connectivity index (χ2n) is 11.8. The zero-order valence-electron chi connectivity index (χ0n) is 19.6. The molecule has 0 aromatic carbocycles. The molecule has 170 valence electrons. The highest BCUT2D eigenvalue weighted by molar-refractivity contribution is 6.36. The van der Waals surface area contributed by atoms with E-state index in [4.69, 9.17) is 23.2 Å². The number of hydrogen-bond donors (Lipinski definition) is 4. The van der Waals surface area contributed by atoms with Crippen LogP contribution in [0.5, 0.6) is 0 Å². The molecule has 6 nitrogen and oxygen atoms in total. The van der Waals surface area contributed by atoms with Crippen molar-refractivity contribution in [1.29, 1.82) is 0 Å². The first-order chi connectivity index (χ1) is 13.5. The van der Waals surface area contributed by atoms with E-state index in [1.54, 1.807) is 0 Å². The zero-order valence-corrected chi connectivity index (χ0v) is 21.1. The minimum Gasteiger partial charge on any atom is -0.366 e. The largest absolute Gasteiger partial charge is 0.366 e. The predicted molar refractivity (Wildman–Crippen MR) is 128 cm³/mol. The van der Waals surface area contributed by atoms with E-state index in [1.807, 2.05) is 0 Å². The standard InChI is InChI=1S/C22H38Cl2N6/c1-19(2)9-13(10-20(3,4)29-19)25-16-15(23)17(28-18(24)27-16)26-14-11-21(5,6)30-22(7,8)12-14/h13-14,29-30H,9-12H2,1-8H3,(H2,25,26,27,28). The van der Waals surface area contributed by atoms with Gasteiger partial charge >= 0.3 is 0 Å². The van der Waals surface area contributed by atoms with Gasteiger partial charge in [-0.3, -0.25) is 0 Å². The Morgan fingerprint density at radius 3 is 1.27 bits per heavy atom. The zero-order chi connectivity index (χ0) is 22.5. The first kappa shape index (κ1) is 23.8. The molecule has 1 aromatic heterocycles. The van der Waals surface area contributed by atoms with E-state index in [1.165, 1.54) is 0 Å². The normalized spacial score (nSPS) is 25.7. The molecule has 30 heavy (non-hydrogen) atoms. The molecule has 0 unspecified atom stereocenters. The summed E-state index contributed by atoms with van der Waals surface area (Å²) in [6, 6.07) is 0.480. The second kappa shape index (κ2) is 7.95. The Morgan fingerprint density at radius 2 is 0.967 bits per heavy atom. The van der Waals surface area contributed by atoms with E-state index >= 15 is 0 Å². The van der Waals surface area contributed by atoms with E-state index in [9.17, 15) is 0 Å². The van der Waals surface area contributed by atoms with Crippen LogP contribution in [0.15, 0.2) is 0 Å². The van der Waals surface area contributed by atoms with Crippen LogP contribution in [-0.4, -0.2) is 44.2 Å². The van der Waals surface area contributed by atoms with E-state index in [0.29, 0.717) is 16.7 Å². The number of hydrogen-bond acceptors (Lipinski definition) is 6. The maximum absolute atomic E-state index is 6.76. The summed E-state index contributed by atoms with van der Waals surface area (Å²) in [5.74, 6) is 1.20. The van der Waals surface area contributed by atoms with Crippen LogP contribution < -0.4 is 21.3 Å². The van der Waals surface area contributed by atoms with Gasteiger partial charge in [-0.1, -0.05) is 11.6 Å². The van der Waals surface area contributed by atoms with Gasteiger partial charge in [0.15, 0.2) is 11.6 Å². The van der Waals surface area contributed by atoms with Crippen LogP contribution in [0.2, 0.25) is 10.3 Å². The first-order valence-corrected chi connectivity index (χ1v) is 11.7. The van der Waals surface area contributed by atoms with Gasteiger partial charge in [-0.15, -0.1) is 0 Å². The Kier molecular flexibility index (Phi) is 6.31. The summed E-state index contributed by atoms with van der Waals surface area (Å²) in [4.78, 5) is 8.82. The van der Waals surface area contributed by atoms with E-state index in [0.717, 1.165) is 25.7 Å². The Bertz CT molecular complexity index is 697. The van der Waals surface area contributed by atoms with Gasteiger partial charge in [-0.25, -0.2) is 0 Å². The lowest BCUT2D eigenvalue weighted by Gasteiger charge is -2.47.